The Morgan fingerprint density at radius 2 is 1.97 bits per heavy atom. The van der Waals surface area contributed by atoms with Gasteiger partial charge >= 0.3 is 0 Å². The monoisotopic (exact) mass is 436 g/mol. The predicted molar refractivity (Wildman–Crippen MR) is 124 cm³/mol. The summed E-state index contributed by atoms with van der Waals surface area (Å²) in [6.07, 6.45) is 6.49. The Balaban J connectivity index is 1.74. The third-order valence-electron chi connectivity index (χ3n) is 6.05. The topological polar surface area (TPSA) is 69.5 Å². The highest BCUT2D eigenvalue weighted by atomic mass is 16.5. The van der Waals surface area contributed by atoms with Gasteiger partial charge in [0.2, 0.25) is 0 Å². The van der Waals surface area contributed by atoms with E-state index in [1.807, 2.05) is 23.2 Å². The Kier molecular flexibility index (Phi) is 6.63. The Labute approximate surface area is 189 Å². The first kappa shape index (κ1) is 22.1. The molecular weight excluding hydrogens is 404 g/mol. The lowest BCUT2D eigenvalue weighted by Crippen LogP contribution is -2.35. The van der Waals surface area contributed by atoms with Crippen LogP contribution in [0.1, 0.15) is 61.8 Å². The van der Waals surface area contributed by atoms with Crippen molar-refractivity contribution in [3.05, 3.63) is 47.9 Å². The lowest BCUT2D eigenvalue weighted by molar-refractivity contribution is 0.0711. The van der Waals surface area contributed by atoms with Crippen LogP contribution in [0, 0.1) is 5.92 Å². The van der Waals surface area contributed by atoms with Crippen LogP contribution in [0.4, 0.5) is 0 Å². The Morgan fingerprint density at radius 3 is 2.66 bits per heavy atom. The van der Waals surface area contributed by atoms with Crippen LogP contribution in [0.5, 0.6) is 11.5 Å². The standard InChI is InChI=1S/C25H32N4O3/c1-17(2)15-28(25(30)20-14-19(31-3)11-12-22(20)32-4)16-23-27-21-10-7-13-26-24(21)29(23)18-8-5-6-9-18/h7,10-14,17-18H,5-6,8-9,15-16H2,1-4H3. The first-order valence-electron chi connectivity index (χ1n) is 11.3. The van der Waals surface area contributed by atoms with Gasteiger partial charge in [-0.15, -0.1) is 0 Å². The van der Waals surface area contributed by atoms with E-state index < -0.39 is 0 Å². The maximum Gasteiger partial charge on any atom is 0.258 e. The van der Waals surface area contributed by atoms with E-state index in [0.717, 1.165) is 29.8 Å². The number of hydrogen-bond donors (Lipinski definition) is 0. The van der Waals surface area contributed by atoms with Crippen molar-refractivity contribution in [2.75, 3.05) is 20.8 Å². The SMILES string of the molecule is COc1ccc(OC)c(C(=O)N(Cc2nc3cccnc3n2C2CCCC2)CC(C)C)c1. The van der Waals surface area contributed by atoms with Gasteiger partial charge in [-0.2, -0.15) is 0 Å². The number of amides is 1. The Morgan fingerprint density at radius 1 is 1.19 bits per heavy atom. The average molecular weight is 437 g/mol. The van der Waals surface area contributed by atoms with Gasteiger partial charge in [-0.05, 0) is 49.1 Å². The van der Waals surface area contributed by atoms with Gasteiger partial charge in [-0.25, -0.2) is 9.97 Å². The molecule has 1 amide bonds. The summed E-state index contributed by atoms with van der Waals surface area (Å²) in [5, 5.41) is 0. The van der Waals surface area contributed by atoms with Gasteiger partial charge in [0.25, 0.3) is 5.91 Å². The van der Waals surface area contributed by atoms with E-state index in [-0.39, 0.29) is 5.91 Å². The lowest BCUT2D eigenvalue weighted by Gasteiger charge is -2.26. The fourth-order valence-electron chi connectivity index (χ4n) is 4.62. The van der Waals surface area contributed by atoms with Crippen LogP contribution in [-0.2, 0) is 6.54 Å². The summed E-state index contributed by atoms with van der Waals surface area (Å²) in [7, 11) is 3.18. The van der Waals surface area contributed by atoms with Crippen molar-refractivity contribution in [3.8, 4) is 11.5 Å². The second-order valence-corrected chi connectivity index (χ2v) is 8.83. The van der Waals surface area contributed by atoms with Crippen LogP contribution >= 0.6 is 0 Å². The summed E-state index contributed by atoms with van der Waals surface area (Å²) in [5.74, 6) is 2.27. The number of hydrogen-bond acceptors (Lipinski definition) is 5. The largest absolute Gasteiger partial charge is 0.497 e. The van der Waals surface area contributed by atoms with E-state index in [0.29, 0.717) is 42.1 Å². The molecule has 2 heterocycles. The zero-order chi connectivity index (χ0) is 22.7. The zero-order valence-electron chi connectivity index (χ0n) is 19.4. The molecule has 0 saturated heterocycles. The maximum absolute atomic E-state index is 13.7. The van der Waals surface area contributed by atoms with Crippen LogP contribution in [0.15, 0.2) is 36.5 Å². The molecule has 0 bridgehead atoms. The minimum Gasteiger partial charge on any atom is -0.497 e. The molecule has 0 spiro atoms. The summed E-state index contributed by atoms with van der Waals surface area (Å²) in [6, 6.07) is 9.61. The summed E-state index contributed by atoms with van der Waals surface area (Å²) >= 11 is 0. The molecule has 0 N–H and O–H groups in total. The maximum atomic E-state index is 13.7. The second-order valence-electron chi connectivity index (χ2n) is 8.83. The fraction of sp³-hybridized carbons (Fsp3) is 0.480. The number of carbonyl (C=O) groups excluding carboxylic acids is 1. The zero-order valence-corrected chi connectivity index (χ0v) is 19.4. The number of rotatable bonds is 8. The lowest BCUT2D eigenvalue weighted by atomic mass is 10.1. The molecule has 4 rings (SSSR count). The molecule has 3 aromatic rings. The van der Waals surface area contributed by atoms with Gasteiger partial charge in [0, 0.05) is 18.8 Å². The van der Waals surface area contributed by atoms with Crippen molar-refractivity contribution >= 4 is 17.1 Å². The molecule has 7 heteroatoms. The van der Waals surface area contributed by atoms with Crippen molar-refractivity contribution in [1.82, 2.24) is 19.4 Å². The van der Waals surface area contributed by atoms with Crippen molar-refractivity contribution in [3.63, 3.8) is 0 Å². The third-order valence-corrected chi connectivity index (χ3v) is 6.05. The first-order valence-corrected chi connectivity index (χ1v) is 11.3. The van der Waals surface area contributed by atoms with Crippen molar-refractivity contribution in [2.24, 2.45) is 5.92 Å². The highest BCUT2D eigenvalue weighted by molar-refractivity contribution is 5.97. The van der Waals surface area contributed by atoms with Crippen LogP contribution in [0.2, 0.25) is 0 Å². The molecule has 2 aromatic heterocycles. The molecule has 32 heavy (non-hydrogen) atoms. The number of ether oxygens (including phenoxy) is 2. The van der Waals surface area contributed by atoms with E-state index in [4.69, 9.17) is 14.5 Å². The molecule has 0 atom stereocenters. The van der Waals surface area contributed by atoms with E-state index in [1.165, 1.54) is 12.8 Å². The van der Waals surface area contributed by atoms with Crippen molar-refractivity contribution in [1.29, 1.82) is 0 Å². The van der Waals surface area contributed by atoms with E-state index >= 15 is 0 Å². The number of imidazole rings is 1. The number of pyridine rings is 1. The minimum absolute atomic E-state index is 0.0903. The summed E-state index contributed by atoms with van der Waals surface area (Å²) in [4.78, 5) is 25.1. The van der Waals surface area contributed by atoms with E-state index in [1.54, 1.807) is 32.4 Å². The van der Waals surface area contributed by atoms with Crippen LogP contribution in [0.3, 0.4) is 0 Å². The third kappa shape index (κ3) is 4.42. The molecule has 7 nitrogen and oxygen atoms in total. The summed E-state index contributed by atoms with van der Waals surface area (Å²) in [6.45, 7) is 5.26. The van der Waals surface area contributed by atoms with Crippen molar-refractivity contribution in [2.45, 2.75) is 52.1 Å². The molecule has 1 aromatic carbocycles. The average Bonchev–Trinajstić information content (AvgIpc) is 3.44. The number of nitrogens with zero attached hydrogens (tertiary/aromatic N) is 4. The van der Waals surface area contributed by atoms with Gasteiger partial charge in [0.1, 0.15) is 22.8 Å². The van der Waals surface area contributed by atoms with Crippen LogP contribution in [0.25, 0.3) is 11.2 Å². The molecule has 170 valence electrons. The Bertz CT molecular complexity index is 1090. The van der Waals surface area contributed by atoms with Gasteiger partial charge in [0.05, 0.1) is 26.3 Å². The number of benzene rings is 1. The molecule has 0 radical (unpaired) electrons. The molecule has 0 aliphatic heterocycles. The smallest absolute Gasteiger partial charge is 0.258 e. The highest BCUT2D eigenvalue weighted by Crippen LogP contribution is 2.34. The van der Waals surface area contributed by atoms with Gasteiger partial charge in [-0.3, -0.25) is 4.79 Å². The van der Waals surface area contributed by atoms with Crippen LogP contribution in [-0.4, -0.2) is 46.1 Å². The normalized spacial score (nSPS) is 14.3. The van der Waals surface area contributed by atoms with Gasteiger partial charge in [0.15, 0.2) is 5.65 Å². The number of fused-ring (bicyclic) bond motifs is 1. The minimum atomic E-state index is -0.0903. The molecule has 1 saturated carbocycles. The summed E-state index contributed by atoms with van der Waals surface area (Å²) in [5.41, 5.74) is 2.28. The number of carbonyl (C=O) groups is 1. The quantitative estimate of drug-likeness (QED) is 0.504. The van der Waals surface area contributed by atoms with E-state index in [2.05, 4.69) is 23.4 Å². The molecule has 1 fully saturated rings. The fourth-order valence-corrected chi connectivity index (χ4v) is 4.62. The Hall–Kier alpha value is -3.09. The second kappa shape index (κ2) is 9.59. The number of aromatic nitrogens is 3. The molecule has 0 unspecified atom stereocenters. The van der Waals surface area contributed by atoms with E-state index in [9.17, 15) is 4.79 Å². The van der Waals surface area contributed by atoms with Gasteiger partial charge < -0.3 is 18.9 Å². The molecular formula is C25H32N4O3. The number of methoxy groups -OCH3 is 2. The van der Waals surface area contributed by atoms with Crippen molar-refractivity contribution < 1.29 is 14.3 Å². The van der Waals surface area contributed by atoms with Gasteiger partial charge in [-0.1, -0.05) is 26.7 Å². The molecule has 1 aliphatic rings. The van der Waals surface area contributed by atoms with Crippen LogP contribution < -0.4 is 9.47 Å². The summed E-state index contributed by atoms with van der Waals surface area (Å²) < 4.78 is 13.1. The predicted octanol–water partition coefficient (Wildman–Crippen LogP) is 4.86. The highest BCUT2D eigenvalue weighted by Gasteiger charge is 2.27. The first-order chi connectivity index (χ1) is 15.5. The molecule has 1 aliphatic carbocycles.